The molecule has 0 aromatic carbocycles. The number of ether oxygens (including phenoxy) is 1. The van der Waals surface area contributed by atoms with Gasteiger partial charge < -0.3 is 20.3 Å². The van der Waals surface area contributed by atoms with Gasteiger partial charge in [-0.15, -0.1) is 0 Å². The first-order valence-electron chi connectivity index (χ1n) is 26.8. The fraction of sp³-hybridized carbons (Fsp3) is 0.962. The number of carbonyl (C=O) groups is 2. The minimum atomic E-state index is -0.779. The first-order chi connectivity index (χ1) is 29.0. The fourth-order valence-electron chi connectivity index (χ4n) is 8.61. The second kappa shape index (κ2) is 47.9. The number of aliphatic hydroxyl groups excluding tert-OH is 2. The van der Waals surface area contributed by atoms with Gasteiger partial charge in [-0.25, -0.2) is 0 Å². The van der Waals surface area contributed by atoms with E-state index in [1.165, 1.54) is 212 Å². The molecule has 0 aromatic heterocycles. The molecule has 0 rings (SSSR count). The van der Waals surface area contributed by atoms with Crippen LogP contribution in [0.4, 0.5) is 0 Å². The Labute approximate surface area is 368 Å². The standard InChI is InChI=1S/C53H105NO5/c1-4-7-10-13-16-19-21-23-25-27-29-31-34-36-39-42-45-51(56)50(48-55)54-52(57)47-49(59-53(58)46-43-40-37-32-18-15-12-9-6-3)44-41-38-35-33-30-28-26-24-22-20-17-14-11-8-5-2/h49-51,55-56H,4-48H2,1-3H3,(H,54,57). The summed E-state index contributed by atoms with van der Waals surface area (Å²) in [7, 11) is 0. The molecule has 3 atom stereocenters. The van der Waals surface area contributed by atoms with Gasteiger partial charge in [-0.05, 0) is 25.7 Å². The quantitative estimate of drug-likeness (QED) is 0.0419. The highest BCUT2D eigenvalue weighted by atomic mass is 16.5. The van der Waals surface area contributed by atoms with Gasteiger partial charge in [-0.3, -0.25) is 9.59 Å². The predicted molar refractivity (Wildman–Crippen MR) is 255 cm³/mol. The molecule has 0 radical (unpaired) electrons. The predicted octanol–water partition coefficient (Wildman–Crippen LogP) is 16.0. The number of carbonyl (C=O) groups excluding carboxylic acids is 2. The van der Waals surface area contributed by atoms with E-state index in [1.807, 2.05) is 0 Å². The maximum absolute atomic E-state index is 13.2. The van der Waals surface area contributed by atoms with Crippen LogP contribution in [0.25, 0.3) is 0 Å². The molecule has 0 saturated heterocycles. The zero-order chi connectivity index (χ0) is 43.1. The monoisotopic (exact) mass is 836 g/mol. The highest BCUT2D eigenvalue weighted by Crippen LogP contribution is 2.19. The van der Waals surface area contributed by atoms with E-state index in [2.05, 4.69) is 26.1 Å². The maximum Gasteiger partial charge on any atom is 0.306 e. The molecule has 352 valence electrons. The van der Waals surface area contributed by atoms with E-state index in [0.717, 1.165) is 44.9 Å². The van der Waals surface area contributed by atoms with E-state index in [-0.39, 0.29) is 24.9 Å². The SMILES string of the molecule is CCCCCCCCCCCCCCCCCCC(O)C(CO)NC(=O)CC(CCCCCCCCCCCCCCCCC)OC(=O)CCCCCCCCCCC. The molecule has 0 aliphatic carbocycles. The van der Waals surface area contributed by atoms with Crippen molar-refractivity contribution in [3.05, 3.63) is 0 Å². The van der Waals surface area contributed by atoms with Crippen LogP contribution in [0.3, 0.4) is 0 Å². The molecule has 0 saturated carbocycles. The van der Waals surface area contributed by atoms with Crippen LogP contribution in [-0.4, -0.2) is 46.9 Å². The Balaban J connectivity index is 4.43. The van der Waals surface area contributed by atoms with Crippen LogP contribution in [0, 0.1) is 0 Å². The van der Waals surface area contributed by atoms with Crippen LogP contribution in [0.5, 0.6) is 0 Å². The normalized spacial score (nSPS) is 13.1. The third kappa shape index (κ3) is 43.3. The molecule has 0 bridgehead atoms. The highest BCUT2D eigenvalue weighted by Gasteiger charge is 2.24. The summed E-state index contributed by atoms with van der Waals surface area (Å²) in [5, 5.41) is 23.8. The Bertz CT molecular complexity index is 852. The molecule has 0 aromatic rings. The molecule has 0 aliphatic rings. The van der Waals surface area contributed by atoms with Crippen molar-refractivity contribution in [2.45, 2.75) is 322 Å². The fourth-order valence-corrected chi connectivity index (χ4v) is 8.61. The van der Waals surface area contributed by atoms with Gasteiger partial charge in [0, 0.05) is 6.42 Å². The number of hydrogen-bond acceptors (Lipinski definition) is 5. The summed E-state index contributed by atoms with van der Waals surface area (Å²) in [5.74, 6) is -0.453. The number of esters is 1. The Morgan fingerprint density at radius 2 is 0.712 bits per heavy atom. The van der Waals surface area contributed by atoms with Crippen LogP contribution in [0.15, 0.2) is 0 Å². The zero-order valence-corrected chi connectivity index (χ0v) is 40.2. The van der Waals surface area contributed by atoms with E-state index in [9.17, 15) is 19.8 Å². The molecule has 3 unspecified atom stereocenters. The first kappa shape index (κ1) is 57.9. The first-order valence-corrected chi connectivity index (χ1v) is 26.8. The van der Waals surface area contributed by atoms with Crippen LogP contribution in [0.1, 0.15) is 303 Å². The summed E-state index contributed by atoms with van der Waals surface area (Å²) >= 11 is 0. The number of nitrogens with one attached hydrogen (secondary N) is 1. The Hall–Kier alpha value is -1.14. The largest absolute Gasteiger partial charge is 0.462 e. The van der Waals surface area contributed by atoms with Crippen molar-refractivity contribution in [1.29, 1.82) is 0 Å². The summed E-state index contributed by atoms with van der Waals surface area (Å²) in [5.41, 5.74) is 0. The smallest absolute Gasteiger partial charge is 0.306 e. The highest BCUT2D eigenvalue weighted by molar-refractivity contribution is 5.77. The van der Waals surface area contributed by atoms with E-state index in [0.29, 0.717) is 19.3 Å². The van der Waals surface area contributed by atoms with Gasteiger partial charge in [-0.2, -0.15) is 0 Å². The summed E-state index contributed by atoms with van der Waals surface area (Å²) < 4.78 is 5.93. The number of rotatable bonds is 49. The van der Waals surface area contributed by atoms with E-state index in [4.69, 9.17) is 4.74 Å². The lowest BCUT2D eigenvalue weighted by Crippen LogP contribution is -2.46. The van der Waals surface area contributed by atoms with Crippen molar-refractivity contribution >= 4 is 11.9 Å². The van der Waals surface area contributed by atoms with Crippen LogP contribution < -0.4 is 5.32 Å². The second-order valence-corrected chi connectivity index (χ2v) is 18.6. The molecule has 0 fully saturated rings. The molecule has 6 heteroatoms. The van der Waals surface area contributed by atoms with Gasteiger partial charge in [0.15, 0.2) is 0 Å². The van der Waals surface area contributed by atoms with E-state index >= 15 is 0 Å². The van der Waals surface area contributed by atoms with Gasteiger partial charge in [-0.1, -0.05) is 265 Å². The molecule has 3 N–H and O–H groups in total. The minimum absolute atomic E-state index is 0.0877. The van der Waals surface area contributed by atoms with Gasteiger partial charge in [0.25, 0.3) is 0 Å². The van der Waals surface area contributed by atoms with Crippen molar-refractivity contribution in [1.82, 2.24) is 5.32 Å². The number of aliphatic hydroxyl groups is 2. The van der Waals surface area contributed by atoms with Gasteiger partial charge >= 0.3 is 5.97 Å². The van der Waals surface area contributed by atoms with Crippen LogP contribution in [-0.2, 0) is 14.3 Å². The third-order valence-corrected chi connectivity index (χ3v) is 12.7. The second-order valence-electron chi connectivity index (χ2n) is 18.6. The molecular formula is C53H105NO5. The summed E-state index contributed by atoms with van der Waals surface area (Å²) in [6.07, 6.45) is 51.7. The molecule has 0 aliphatic heterocycles. The average Bonchev–Trinajstić information content (AvgIpc) is 3.23. The molecule has 0 spiro atoms. The zero-order valence-electron chi connectivity index (χ0n) is 40.2. The van der Waals surface area contributed by atoms with Gasteiger partial charge in [0.05, 0.1) is 25.2 Å². The number of hydrogen-bond donors (Lipinski definition) is 3. The lowest BCUT2D eigenvalue weighted by atomic mass is 10.0. The lowest BCUT2D eigenvalue weighted by Gasteiger charge is -2.24. The molecule has 59 heavy (non-hydrogen) atoms. The Kier molecular flexibility index (Phi) is 47.0. The van der Waals surface area contributed by atoms with Crippen molar-refractivity contribution in [2.75, 3.05) is 6.61 Å². The topological polar surface area (TPSA) is 95.9 Å². The molecule has 6 nitrogen and oxygen atoms in total. The van der Waals surface area contributed by atoms with E-state index < -0.39 is 18.2 Å². The third-order valence-electron chi connectivity index (χ3n) is 12.7. The average molecular weight is 836 g/mol. The molecular weight excluding hydrogens is 731 g/mol. The Morgan fingerprint density at radius 3 is 1.03 bits per heavy atom. The summed E-state index contributed by atoms with van der Waals surface area (Å²) in [4.78, 5) is 26.1. The maximum atomic E-state index is 13.2. The lowest BCUT2D eigenvalue weighted by molar-refractivity contribution is -0.151. The van der Waals surface area contributed by atoms with Crippen molar-refractivity contribution in [3.8, 4) is 0 Å². The molecule has 1 amide bonds. The summed E-state index contributed by atoms with van der Waals surface area (Å²) in [6, 6.07) is -0.692. The van der Waals surface area contributed by atoms with Crippen molar-refractivity contribution < 1.29 is 24.5 Å². The van der Waals surface area contributed by atoms with Gasteiger partial charge in [0.2, 0.25) is 5.91 Å². The van der Waals surface area contributed by atoms with Crippen LogP contribution >= 0.6 is 0 Å². The Morgan fingerprint density at radius 1 is 0.424 bits per heavy atom. The van der Waals surface area contributed by atoms with Crippen LogP contribution in [0.2, 0.25) is 0 Å². The van der Waals surface area contributed by atoms with E-state index in [1.54, 1.807) is 0 Å². The van der Waals surface area contributed by atoms with Crippen molar-refractivity contribution in [2.24, 2.45) is 0 Å². The minimum Gasteiger partial charge on any atom is -0.462 e. The number of amides is 1. The van der Waals surface area contributed by atoms with Gasteiger partial charge in [0.1, 0.15) is 6.10 Å². The summed E-state index contributed by atoms with van der Waals surface area (Å²) in [6.45, 7) is 6.50. The number of unbranched alkanes of at least 4 members (excludes halogenated alkanes) is 37. The molecule has 0 heterocycles. The van der Waals surface area contributed by atoms with Crippen molar-refractivity contribution in [3.63, 3.8) is 0 Å².